The highest BCUT2D eigenvalue weighted by atomic mass is 16.5. The molecule has 0 aliphatic carbocycles. The van der Waals surface area contributed by atoms with Gasteiger partial charge in [0.15, 0.2) is 0 Å². The molecule has 1 saturated heterocycles. The molecule has 68 valence electrons. The summed E-state index contributed by atoms with van der Waals surface area (Å²) in [5.41, 5.74) is 7.78. The Kier molecular flexibility index (Phi) is 2.92. The molecule has 0 unspecified atom stereocenters. The Bertz CT molecular complexity index is 195. The zero-order valence-corrected chi connectivity index (χ0v) is 7.10. The minimum atomic E-state index is -0.457. The molecule has 5 heteroatoms. The molecule has 5 nitrogen and oxygen atoms in total. The lowest BCUT2D eigenvalue weighted by Crippen LogP contribution is -2.39. The molecule has 0 aromatic carbocycles. The van der Waals surface area contributed by atoms with Crippen LogP contribution in [0.4, 0.5) is 0 Å². The van der Waals surface area contributed by atoms with Crippen molar-refractivity contribution in [3.63, 3.8) is 0 Å². The van der Waals surface area contributed by atoms with Crippen molar-refractivity contribution in [1.29, 1.82) is 0 Å². The summed E-state index contributed by atoms with van der Waals surface area (Å²) in [7, 11) is 0. The molecule has 0 amide bonds. The van der Waals surface area contributed by atoms with Crippen LogP contribution in [-0.4, -0.2) is 30.0 Å². The molecule has 1 rings (SSSR count). The van der Waals surface area contributed by atoms with Gasteiger partial charge in [-0.1, -0.05) is 5.11 Å². The summed E-state index contributed by atoms with van der Waals surface area (Å²) >= 11 is 0. The van der Waals surface area contributed by atoms with E-state index in [-0.39, 0.29) is 6.61 Å². The van der Waals surface area contributed by atoms with Crippen molar-refractivity contribution in [2.75, 3.05) is 13.2 Å². The second kappa shape index (κ2) is 3.76. The number of aliphatic hydroxyl groups excluding tert-OH is 1. The predicted molar refractivity (Wildman–Crippen MR) is 43.6 cm³/mol. The normalized spacial score (nSPS) is 31.2. The number of rotatable bonds is 3. The molecule has 1 heterocycles. The Morgan fingerprint density at radius 1 is 1.83 bits per heavy atom. The first kappa shape index (κ1) is 9.32. The highest BCUT2D eigenvalue weighted by Crippen LogP contribution is 2.30. The van der Waals surface area contributed by atoms with Crippen LogP contribution >= 0.6 is 0 Å². The first-order valence-electron chi connectivity index (χ1n) is 4.02. The maximum atomic E-state index is 8.94. The topological polar surface area (TPSA) is 78.2 Å². The number of hydrogen-bond donors (Lipinski definition) is 1. The standard InChI is InChI=1S/C7H13N3O2/c1-7(3-2-4-12-7)6(5-11)9-10-8/h6,11H,2-5H2,1H3/t6-,7-/m1/s1. The highest BCUT2D eigenvalue weighted by Gasteiger charge is 2.37. The van der Waals surface area contributed by atoms with Gasteiger partial charge >= 0.3 is 0 Å². The van der Waals surface area contributed by atoms with E-state index in [1.807, 2.05) is 6.92 Å². The number of ether oxygens (including phenoxy) is 1. The summed E-state index contributed by atoms with van der Waals surface area (Å²) in [5, 5.41) is 12.4. The third-order valence-corrected chi connectivity index (χ3v) is 2.32. The third kappa shape index (κ3) is 1.69. The van der Waals surface area contributed by atoms with Crippen LogP contribution in [0.3, 0.4) is 0 Å². The summed E-state index contributed by atoms with van der Waals surface area (Å²) in [6.45, 7) is 2.41. The van der Waals surface area contributed by atoms with Gasteiger partial charge in [-0.05, 0) is 25.3 Å². The quantitative estimate of drug-likeness (QED) is 0.393. The zero-order valence-electron chi connectivity index (χ0n) is 7.10. The van der Waals surface area contributed by atoms with E-state index in [2.05, 4.69) is 10.0 Å². The lowest BCUT2D eigenvalue weighted by molar-refractivity contribution is -0.0149. The lowest BCUT2D eigenvalue weighted by Gasteiger charge is -2.28. The van der Waals surface area contributed by atoms with Gasteiger partial charge in [0.25, 0.3) is 0 Å². The van der Waals surface area contributed by atoms with Crippen LogP contribution in [0.1, 0.15) is 19.8 Å². The van der Waals surface area contributed by atoms with Crippen LogP contribution in [0.5, 0.6) is 0 Å². The molecule has 1 fully saturated rings. The summed E-state index contributed by atoms with van der Waals surface area (Å²) < 4.78 is 5.42. The number of aliphatic hydroxyl groups is 1. The molecule has 0 aromatic rings. The van der Waals surface area contributed by atoms with E-state index in [0.717, 1.165) is 12.8 Å². The Balaban J connectivity index is 2.68. The summed E-state index contributed by atoms with van der Waals surface area (Å²) in [5.74, 6) is 0. The lowest BCUT2D eigenvalue weighted by atomic mass is 9.94. The largest absolute Gasteiger partial charge is 0.396 e. The van der Waals surface area contributed by atoms with E-state index in [1.165, 1.54) is 0 Å². The molecule has 0 saturated carbocycles. The molecule has 0 aromatic heterocycles. The number of nitrogens with zero attached hydrogens (tertiary/aromatic N) is 3. The summed E-state index contributed by atoms with van der Waals surface area (Å²) in [6.07, 6.45) is 1.81. The van der Waals surface area contributed by atoms with Gasteiger partial charge in [0.05, 0.1) is 18.2 Å². The molecule has 0 bridgehead atoms. The van der Waals surface area contributed by atoms with Gasteiger partial charge in [0, 0.05) is 11.5 Å². The molecule has 1 aliphatic rings. The average molecular weight is 171 g/mol. The average Bonchev–Trinajstić information content (AvgIpc) is 2.49. The van der Waals surface area contributed by atoms with Crippen LogP contribution in [-0.2, 0) is 4.74 Å². The molecule has 0 radical (unpaired) electrons. The van der Waals surface area contributed by atoms with E-state index in [0.29, 0.717) is 6.61 Å². The maximum absolute atomic E-state index is 8.94. The van der Waals surface area contributed by atoms with Crippen molar-refractivity contribution in [3.05, 3.63) is 10.4 Å². The Hall–Kier alpha value is -0.770. The van der Waals surface area contributed by atoms with Gasteiger partial charge in [0.2, 0.25) is 0 Å². The molecule has 2 atom stereocenters. The van der Waals surface area contributed by atoms with Gasteiger partial charge in [-0.25, -0.2) is 0 Å². The second-order valence-electron chi connectivity index (χ2n) is 3.17. The summed E-state index contributed by atoms with van der Waals surface area (Å²) in [4.78, 5) is 2.68. The molecule has 12 heavy (non-hydrogen) atoms. The van der Waals surface area contributed by atoms with Crippen molar-refractivity contribution in [3.8, 4) is 0 Å². The first-order valence-corrected chi connectivity index (χ1v) is 4.02. The minimum Gasteiger partial charge on any atom is -0.396 e. The van der Waals surface area contributed by atoms with Crippen LogP contribution in [0.2, 0.25) is 0 Å². The smallest absolute Gasteiger partial charge is 0.0892 e. The highest BCUT2D eigenvalue weighted by molar-refractivity contribution is 4.92. The number of azide groups is 1. The fourth-order valence-corrected chi connectivity index (χ4v) is 1.48. The van der Waals surface area contributed by atoms with Crippen molar-refractivity contribution >= 4 is 0 Å². The second-order valence-corrected chi connectivity index (χ2v) is 3.17. The van der Waals surface area contributed by atoms with E-state index in [4.69, 9.17) is 15.4 Å². The molecule has 0 spiro atoms. The van der Waals surface area contributed by atoms with Gasteiger partial charge < -0.3 is 9.84 Å². The Labute approximate surface area is 71.0 Å². The predicted octanol–water partition coefficient (Wildman–Crippen LogP) is 1.23. The van der Waals surface area contributed by atoms with Crippen LogP contribution in [0.15, 0.2) is 5.11 Å². The van der Waals surface area contributed by atoms with Crippen LogP contribution < -0.4 is 0 Å². The first-order chi connectivity index (χ1) is 5.73. The SMILES string of the molecule is C[C@]1([C@@H](CO)N=[N+]=[N-])CCCO1. The fraction of sp³-hybridized carbons (Fsp3) is 1.00. The Morgan fingerprint density at radius 3 is 3.00 bits per heavy atom. The van der Waals surface area contributed by atoms with E-state index < -0.39 is 11.6 Å². The minimum absolute atomic E-state index is 0.152. The fourth-order valence-electron chi connectivity index (χ4n) is 1.48. The van der Waals surface area contributed by atoms with Gasteiger partial charge in [0.1, 0.15) is 0 Å². The van der Waals surface area contributed by atoms with E-state index in [9.17, 15) is 0 Å². The molecule has 1 aliphatic heterocycles. The molecular weight excluding hydrogens is 158 g/mol. The van der Waals surface area contributed by atoms with Gasteiger partial charge in [-0.15, -0.1) is 0 Å². The number of hydrogen-bond acceptors (Lipinski definition) is 3. The monoisotopic (exact) mass is 171 g/mol. The van der Waals surface area contributed by atoms with Crippen LogP contribution in [0, 0.1) is 0 Å². The Morgan fingerprint density at radius 2 is 2.58 bits per heavy atom. The van der Waals surface area contributed by atoms with Gasteiger partial charge in [-0.2, -0.15) is 0 Å². The van der Waals surface area contributed by atoms with Crippen molar-refractivity contribution in [2.45, 2.75) is 31.4 Å². The van der Waals surface area contributed by atoms with Gasteiger partial charge in [-0.3, -0.25) is 0 Å². The van der Waals surface area contributed by atoms with Crippen molar-refractivity contribution in [1.82, 2.24) is 0 Å². The zero-order chi connectivity index (χ0) is 9.03. The van der Waals surface area contributed by atoms with Crippen molar-refractivity contribution < 1.29 is 9.84 Å². The summed E-state index contributed by atoms with van der Waals surface area (Å²) in [6, 6.07) is -0.454. The van der Waals surface area contributed by atoms with Crippen molar-refractivity contribution in [2.24, 2.45) is 5.11 Å². The van der Waals surface area contributed by atoms with Crippen LogP contribution in [0.25, 0.3) is 10.4 Å². The van der Waals surface area contributed by atoms with E-state index >= 15 is 0 Å². The molecular formula is C7H13N3O2. The third-order valence-electron chi connectivity index (χ3n) is 2.32. The molecule has 1 N–H and O–H groups in total. The maximum Gasteiger partial charge on any atom is 0.0892 e. The van der Waals surface area contributed by atoms with E-state index in [1.54, 1.807) is 0 Å².